The summed E-state index contributed by atoms with van der Waals surface area (Å²) in [5.74, 6) is 5.02. The zero-order valence-corrected chi connectivity index (χ0v) is 13.0. The number of Topliss-reactive ketones (excluding diaryl/α,β-unsaturated/α-hetero) is 1. The quantitative estimate of drug-likeness (QED) is 0.330. The Morgan fingerprint density at radius 1 is 1.42 bits per heavy atom. The zero-order chi connectivity index (χ0) is 14.5. The number of carbonyl (C=O) groups excluding carboxylic acids is 2. The molecule has 5 heteroatoms. The van der Waals surface area contributed by atoms with Crippen molar-refractivity contribution in [1.29, 1.82) is 0 Å². The first-order chi connectivity index (χ1) is 8.77. The molecule has 0 aromatic heterocycles. The number of amides is 1. The average Bonchev–Trinajstić information content (AvgIpc) is 2.29. The largest absolute Gasteiger partial charge is 0.300 e. The van der Waals surface area contributed by atoms with Crippen LogP contribution in [0.2, 0.25) is 0 Å². The number of β-lactam (4-membered cyclic amide) rings is 1. The molecule has 0 radical (unpaired) electrons. The molecule has 2 aliphatic heterocycles. The molecular weight excluding hydrogens is 260 g/mol. The Bertz CT molecular complexity index is 556. The lowest BCUT2D eigenvalue weighted by Crippen LogP contribution is -2.69. The predicted octanol–water partition coefficient (Wildman–Crippen LogP) is 1.22. The fourth-order valence-corrected chi connectivity index (χ4v) is 4.80. The van der Waals surface area contributed by atoms with E-state index in [-0.39, 0.29) is 33.6 Å². The van der Waals surface area contributed by atoms with Crippen LogP contribution in [0, 0.1) is 0 Å². The first kappa shape index (κ1) is 14.2. The highest BCUT2D eigenvalue weighted by Crippen LogP contribution is 2.44. The van der Waals surface area contributed by atoms with Crippen LogP contribution in [0.15, 0.2) is 11.3 Å². The summed E-state index contributed by atoms with van der Waals surface area (Å²) in [7, 11) is 1.79. The van der Waals surface area contributed by atoms with E-state index in [0.717, 1.165) is 17.0 Å². The van der Waals surface area contributed by atoms with Gasteiger partial charge in [-0.05, 0) is 12.5 Å². The van der Waals surface area contributed by atoms with Crippen molar-refractivity contribution in [2.45, 2.75) is 39.1 Å². The molecule has 2 aliphatic rings. The second kappa shape index (κ2) is 4.71. The average molecular weight is 281 g/mol. The number of carbonyl (C=O) groups is 2. The standard InChI is InChI=1S/C14H21N2O2S/c1-8(2)15(5)12-13(18)16-11(10(4)17)9(3)7-19(6)14(12)16/h12,14H,6-7H2,1-5H3/q+1. The van der Waals surface area contributed by atoms with Crippen LogP contribution in [0.3, 0.4) is 0 Å². The highest BCUT2D eigenvalue weighted by atomic mass is 32.2. The van der Waals surface area contributed by atoms with E-state index in [9.17, 15) is 9.59 Å². The highest BCUT2D eigenvalue weighted by molar-refractivity contribution is 8.14. The van der Waals surface area contributed by atoms with E-state index in [2.05, 4.69) is 5.87 Å². The highest BCUT2D eigenvalue weighted by Gasteiger charge is 2.58. The lowest BCUT2D eigenvalue weighted by atomic mass is 10.0. The van der Waals surface area contributed by atoms with Gasteiger partial charge < -0.3 is 0 Å². The molecule has 0 bridgehead atoms. The minimum absolute atomic E-state index is 0.0224. The normalized spacial score (nSPS) is 29.8. The van der Waals surface area contributed by atoms with Gasteiger partial charge in [0.15, 0.2) is 5.78 Å². The van der Waals surface area contributed by atoms with Gasteiger partial charge in [-0.15, -0.1) is 0 Å². The molecule has 3 unspecified atom stereocenters. The Morgan fingerprint density at radius 3 is 2.47 bits per heavy atom. The second-order valence-corrected chi connectivity index (χ2v) is 7.32. The van der Waals surface area contributed by atoms with Crippen molar-refractivity contribution >= 4 is 33.8 Å². The second-order valence-electron chi connectivity index (χ2n) is 5.47. The van der Waals surface area contributed by atoms with Crippen LogP contribution in [0.4, 0.5) is 0 Å². The number of rotatable bonds is 2. The van der Waals surface area contributed by atoms with Crippen LogP contribution < -0.4 is 0 Å². The molecule has 1 saturated heterocycles. The molecular formula is C14H21N2O2S+. The summed E-state index contributed by atoms with van der Waals surface area (Å²) in [6.45, 7) is 7.45. The van der Waals surface area contributed by atoms with Gasteiger partial charge in [0.05, 0.1) is 5.70 Å². The monoisotopic (exact) mass is 281 g/mol. The molecule has 0 aromatic carbocycles. The zero-order valence-electron chi connectivity index (χ0n) is 12.2. The molecule has 104 valence electrons. The summed E-state index contributed by atoms with van der Waals surface area (Å²) in [6.07, 6.45) is 0. The summed E-state index contributed by atoms with van der Waals surface area (Å²) in [4.78, 5) is 25.9. The first-order valence-corrected chi connectivity index (χ1v) is 7.96. The molecule has 1 amide bonds. The van der Waals surface area contributed by atoms with E-state index >= 15 is 0 Å². The number of fused-ring (bicyclic) bond motifs is 1. The number of hydrogen-bond donors (Lipinski definition) is 0. The summed E-state index contributed by atoms with van der Waals surface area (Å²) in [6, 6.07) is -0.159. The lowest BCUT2D eigenvalue weighted by molar-refractivity contribution is -0.537. The van der Waals surface area contributed by atoms with Gasteiger partial charge in [-0.1, -0.05) is 5.87 Å². The van der Waals surface area contributed by atoms with E-state index in [1.165, 1.54) is 6.92 Å². The maximum absolute atomic E-state index is 12.4. The van der Waals surface area contributed by atoms with E-state index in [1.807, 2.05) is 32.4 Å². The molecule has 4 nitrogen and oxygen atoms in total. The van der Waals surface area contributed by atoms with Crippen LogP contribution >= 0.6 is 10.5 Å². The van der Waals surface area contributed by atoms with E-state index < -0.39 is 0 Å². The Balaban J connectivity index is 2.46. The van der Waals surface area contributed by atoms with Crippen LogP contribution in [0.5, 0.6) is 0 Å². The van der Waals surface area contributed by atoms with Crippen LogP contribution in [0.25, 0.3) is 0 Å². The third-order valence-corrected chi connectivity index (χ3v) is 5.82. The minimum Gasteiger partial charge on any atom is -0.293 e. The molecule has 3 atom stereocenters. The Morgan fingerprint density at radius 2 is 2.00 bits per heavy atom. The Labute approximate surface area is 116 Å². The fourth-order valence-electron chi connectivity index (χ4n) is 2.76. The number of ketones is 1. The van der Waals surface area contributed by atoms with Gasteiger partial charge in [-0.3, -0.25) is 14.5 Å². The molecule has 0 aromatic rings. The SMILES string of the molecule is C=S1CC(C)=C(C(C)=O)N2C(=O)C([N+](C)=C(C)C)C21. The minimum atomic E-state index is -0.159. The molecule has 19 heavy (non-hydrogen) atoms. The number of likely N-dealkylation sites (N-methyl/N-ethyl adjacent to an activating group) is 1. The van der Waals surface area contributed by atoms with Crippen molar-refractivity contribution in [3.8, 4) is 0 Å². The maximum atomic E-state index is 12.4. The molecule has 0 spiro atoms. The van der Waals surface area contributed by atoms with Crippen molar-refractivity contribution < 1.29 is 14.2 Å². The molecule has 1 fully saturated rings. The lowest BCUT2D eigenvalue weighted by Gasteiger charge is -2.48. The summed E-state index contributed by atoms with van der Waals surface area (Å²) in [5.41, 5.74) is 2.69. The Kier molecular flexibility index (Phi) is 3.51. The smallest absolute Gasteiger partial charge is 0.293 e. The van der Waals surface area contributed by atoms with Gasteiger partial charge in [-0.2, -0.15) is 10.5 Å². The van der Waals surface area contributed by atoms with E-state index in [1.54, 1.807) is 4.90 Å². The van der Waals surface area contributed by atoms with Crippen molar-refractivity contribution in [1.82, 2.24) is 4.90 Å². The van der Waals surface area contributed by atoms with Crippen molar-refractivity contribution in [3.05, 3.63) is 11.3 Å². The van der Waals surface area contributed by atoms with Gasteiger partial charge in [0.2, 0.25) is 0 Å². The summed E-state index contributed by atoms with van der Waals surface area (Å²) >= 11 is 0. The third kappa shape index (κ3) is 2.00. The topological polar surface area (TPSA) is 40.4 Å². The number of allylic oxidation sites excluding steroid dienone is 1. The molecule has 2 rings (SSSR count). The van der Waals surface area contributed by atoms with E-state index in [0.29, 0.717) is 5.70 Å². The molecule has 0 aliphatic carbocycles. The summed E-state index contributed by atoms with van der Waals surface area (Å²) < 4.78 is 2.01. The maximum Gasteiger partial charge on any atom is 0.300 e. The summed E-state index contributed by atoms with van der Waals surface area (Å²) in [5, 5.41) is 0.0509. The van der Waals surface area contributed by atoms with Gasteiger partial charge >= 0.3 is 0 Å². The van der Waals surface area contributed by atoms with Gasteiger partial charge in [-0.25, -0.2) is 4.58 Å². The van der Waals surface area contributed by atoms with Crippen molar-refractivity contribution in [2.75, 3.05) is 12.8 Å². The van der Waals surface area contributed by atoms with Crippen molar-refractivity contribution in [3.63, 3.8) is 0 Å². The van der Waals surface area contributed by atoms with Crippen LogP contribution in [0.1, 0.15) is 27.7 Å². The molecule has 0 saturated carbocycles. The fraction of sp³-hybridized carbons (Fsp3) is 0.571. The van der Waals surface area contributed by atoms with Crippen molar-refractivity contribution in [2.24, 2.45) is 0 Å². The number of hydrogen-bond acceptors (Lipinski definition) is 2. The van der Waals surface area contributed by atoms with Crippen LogP contribution in [-0.4, -0.2) is 57.0 Å². The third-order valence-electron chi connectivity index (χ3n) is 3.86. The number of nitrogens with zero attached hydrogens (tertiary/aromatic N) is 2. The molecule has 2 heterocycles. The first-order valence-electron chi connectivity index (χ1n) is 6.33. The van der Waals surface area contributed by atoms with E-state index in [4.69, 9.17) is 0 Å². The molecule has 0 N–H and O–H groups in total. The van der Waals surface area contributed by atoms with Gasteiger partial charge in [0, 0.05) is 26.5 Å². The van der Waals surface area contributed by atoms with Crippen LogP contribution in [-0.2, 0) is 9.59 Å². The van der Waals surface area contributed by atoms with Gasteiger partial charge in [0.1, 0.15) is 18.1 Å². The predicted molar refractivity (Wildman–Crippen MR) is 79.9 cm³/mol. The Hall–Kier alpha value is -1.23. The van der Waals surface area contributed by atoms with Gasteiger partial charge in [0.25, 0.3) is 11.9 Å².